The Morgan fingerprint density at radius 3 is 2.44 bits per heavy atom. The number of carbonyl (C=O) groups excluding carboxylic acids is 1. The fourth-order valence-corrected chi connectivity index (χ4v) is 2.20. The summed E-state index contributed by atoms with van der Waals surface area (Å²) in [6.07, 6.45) is 0. The second-order valence-corrected chi connectivity index (χ2v) is 5.34. The van der Waals surface area contributed by atoms with Crippen molar-refractivity contribution in [3.63, 3.8) is 0 Å². The maximum absolute atomic E-state index is 13.7. The second-order valence-electron chi connectivity index (χ2n) is 3.58. The molecule has 0 aliphatic carbocycles. The molecule has 0 saturated heterocycles. The monoisotopic (exact) mass is 346 g/mol. The molecule has 0 atom stereocenters. The molecule has 0 heterocycles. The minimum Gasteiger partial charge on any atom is -0.288 e. The molecule has 92 valence electrons. The normalized spacial score (nSPS) is 10.4. The molecular formula is C13H6BrCl2FO. The minimum atomic E-state index is -0.606. The maximum Gasteiger partial charge on any atom is 0.197 e. The lowest BCUT2D eigenvalue weighted by atomic mass is 10.0. The number of rotatable bonds is 2. The van der Waals surface area contributed by atoms with Crippen molar-refractivity contribution in [1.82, 2.24) is 0 Å². The number of hydrogen-bond donors (Lipinski definition) is 0. The summed E-state index contributed by atoms with van der Waals surface area (Å²) in [5.74, 6) is -1.10. The summed E-state index contributed by atoms with van der Waals surface area (Å²) >= 11 is 14.8. The Morgan fingerprint density at radius 1 is 1.06 bits per heavy atom. The molecule has 0 bridgehead atoms. The van der Waals surface area contributed by atoms with Gasteiger partial charge in [0.15, 0.2) is 5.78 Å². The highest BCUT2D eigenvalue weighted by atomic mass is 79.9. The van der Waals surface area contributed by atoms with E-state index >= 15 is 0 Å². The zero-order chi connectivity index (χ0) is 13.3. The summed E-state index contributed by atoms with van der Waals surface area (Å²) in [6, 6.07) is 8.72. The van der Waals surface area contributed by atoms with Crippen molar-refractivity contribution in [2.45, 2.75) is 0 Å². The quantitative estimate of drug-likeness (QED) is 0.688. The molecule has 0 aliphatic rings. The van der Waals surface area contributed by atoms with Gasteiger partial charge in [-0.25, -0.2) is 4.39 Å². The third kappa shape index (κ3) is 2.74. The standard InChI is InChI=1S/C13H6BrCl2FO/c14-7-1-3-9(12(17)5-7)13(18)10-6-8(15)2-4-11(10)16/h1-6H. The van der Waals surface area contributed by atoms with Crippen LogP contribution in [0.1, 0.15) is 15.9 Å². The number of ketones is 1. The summed E-state index contributed by atoms with van der Waals surface area (Å²) in [5, 5.41) is 0.618. The zero-order valence-electron chi connectivity index (χ0n) is 8.88. The van der Waals surface area contributed by atoms with Gasteiger partial charge in [-0.15, -0.1) is 0 Å². The van der Waals surface area contributed by atoms with Gasteiger partial charge in [0.2, 0.25) is 0 Å². The van der Waals surface area contributed by atoms with Gasteiger partial charge in [0.05, 0.1) is 10.6 Å². The van der Waals surface area contributed by atoms with Crippen LogP contribution in [0.4, 0.5) is 4.39 Å². The Bertz CT molecular complexity index is 628. The van der Waals surface area contributed by atoms with Gasteiger partial charge in [-0.3, -0.25) is 4.79 Å². The zero-order valence-corrected chi connectivity index (χ0v) is 12.0. The predicted molar refractivity (Wildman–Crippen MR) is 74.0 cm³/mol. The maximum atomic E-state index is 13.7. The Hall–Kier alpha value is -0.900. The summed E-state index contributed by atoms with van der Waals surface area (Å²) < 4.78 is 14.3. The lowest BCUT2D eigenvalue weighted by Crippen LogP contribution is -2.05. The molecule has 0 aliphatic heterocycles. The van der Waals surface area contributed by atoms with Crippen LogP contribution in [-0.2, 0) is 0 Å². The second kappa shape index (κ2) is 5.39. The van der Waals surface area contributed by atoms with E-state index in [1.165, 1.54) is 24.3 Å². The van der Waals surface area contributed by atoms with Crippen molar-refractivity contribution >= 4 is 44.9 Å². The highest BCUT2D eigenvalue weighted by Crippen LogP contribution is 2.25. The van der Waals surface area contributed by atoms with Gasteiger partial charge in [-0.05, 0) is 36.4 Å². The van der Waals surface area contributed by atoms with Crippen LogP contribution in [0.15, 0.2) is 40.9 Å². The average molecular weight is 348 g/mol. The molecule has 1 nitrogen and oxygen atoms in total. The van der Waals surface area contributed by atoms with E-state index in [4.69, 9.17) is 23.2 Å². The van der Waals surface area contributed by atoms with Gasteiger partial charge in [0, 0.05) is 15.1 Å². The van der Waals surface area contributed by atoms with Crippen molar-refractivity contribution in [2.75, 3.05) is 0 Å². The van der Waals surface area contributed by atoms with Crippen LogP contribution in [0.3, 0.4) is 0 Å². The van der Waals surface area contributed by atoms with Crippen LogP contribution in [0.2, 0.25) is 10.0 Å². The van der Waals surface area contributed by atoms with Gasteiger partial charge < -0.3 is 0 Å². The van der Waals surface area contributed by atoms with Crippen molar-refractivity contribution in [2.24, 2.45) is 0 Å². The van der Waals surface area contributed by atoms with Gasteiger partial charge >= 0.3 is 0 Å². The molecule has 2 rings (SSSR count). The van der Waals surface area contributed by atoms with E-state index < -0.39 is 11.6 Å². The van der Waals surface area contributed by atoms with E-state index in [2.05, 4.69) is 15.9 Å². The topological polar surface area (TPSA) is 17.1 Å². The van der Waals surface area contributed by atoms with Gasteiger partial charge in [0.1, 0.15) is 5.82 Å². The lowest BCUT2D eigenvalue weighted by molar-refractivity contribution is 0.103. The molecular weight excluding hydrogens is 342 g/mol. The van der Waals surface area contributed by atoms with Gasteiger partial charge in [-0.1, -0.05) is 39.1 Å². The van der Waals surface area contributed by atoms with Gasteiger partial charge in [-0.2, -0.15) is 0 Å². The molecule has 0 amide bonds. The first kappa shape index (κ1) is 13.5. The number of benzene rings is 2. The minimum absolute atomic E-state index is 0.0395. The smallest absolute Gasteiger partial charge is 0.197 e. The summed E-state index contributed by atoms with van der Waals surface area (Å²) in [6.45, 7) is 0. The fraction of sp³-hybridized carbons (Fsp3) is 0. The number of hydrogen-bond acceptors (Lipinski definition) is 1. The molecule has 18 heavy (non-hydrogen) atoms. The highest BCUT2D eigenvalue weighted by Gasteiger charge is 2.17. The van der Waals surface area contributed by atoms with Crippen LogP contribution < -0.4 is 0 Å². The van der Waals surface area contributed by atoms with Crippen LogP contribution in [0.5, 0.6) is 0 Å². The molecule has 0 aromatic heterocycles. The molecule has 5 heteroatoms. The Morgan fingerprint density at radius 2 is 1.78 bits per heavy atom. The Labute approximate surface area is 122 Å². The molecule has 0 unspecified atom stereocenters. The molecule has 0 radical (unpaired) electrons. The molecule has 2 aromatic carbocycles. The van der Waals surface area contributed by atoms with E-state index in [0.717, 1.165) is 0 Å². The Balaban J connectivity index is 2.51. The van der Waals surface area contributed by atoms with Crippen LogP contribution in [0, 0.1) is 5.82 Å². The van der Waals surface area contributed by atoms with E-state index in [0.29, 0.717) is 9.50 Å². The first-order valence-corrected chi connectivity index (χ1v) is 6.49. The summed E-state index contributed by atoms with van der Waals surface area (Å²) in [5.41, 5.74) is 0.146. The Kier molecular flexibility index (Phi) is 4.05. The van der Waals surface area contributed by atoms with E-state index in [1.807, 2.05) is 0 Å². The predicted octanol–water partition coefficient (Wildman–Crippen LogP) is 5.13. The van der Waals surface area contributed by atoms with Crippen molar-refractivity contribution in [1.29, 1.82) is 0 Å². The summed E-state index contributed by atoms with van der Waals surface area (Å²) in [4.78, 5) is 12.2. The van der Waals surface area contributed by atoms with Crippen molar-refractivity contribution in [3.8, 4) is 0 Å². The van der Waals surface area contributed by atoms with Crippen LogP contribution >= 0.6 is 39.1 Å². The van der Waals surface area contributed by atoms with E-state index in [1.54, 1.807) is 12.1 Å². The number of carbonyl (C=O) groups is 1. The third-order valence-corrected chi connectivity index (χ3v) is 3.41. The fourth-order valence-electron chi connectivity index (χ4n) is 1.49. The first-order chi connectivity index (χ1) is 8.49. The van der Waals surface area contributed by atoms with E-state index in [-0.39, 0.29) is 16.1 Å². The molecule has 0 saturated carbocycles. The lowest BCUT2D eigenvalue weighted by Gasteiger charge is -2.05. The first-order valence-electron chi connectivity index (χ1n) is 4.94. The largest absolute Gasteiger partial charge is 0.288 e. The van der Waals surface area contributed by atoms with Gasteiger partial charge in [0.25, 0.3) is 0 Å². The molecule has 0 spiro atoms. The van der Waals surface area contributed by atoms with Crippen molar-refractivity contribution in [3.05, 3.63) is 67.9 Å². The molecule has 0 fully saturated rings. The molecule has 0 N–H and O–H groups in total. The third-order valence-electron chi connectivity index (χ3n) is 2.35. The van der Waals surface area contributed by atoms with E-state index in [9.17, 15) is 9.18 Å². The number of halogens is 4. The highest BCUT2D eigenvalue weighted by molar-refractivity contribution is 9.10. The SMILES string of the molecule is O=C(c1ccc(Br)cc1F)c1cc(Cl)ccc1Cl. The van der Waals surface area contributed by atoms with Crippen molar-refractivity contribution < 1.29 is 9.18 Å². The van der Waals surface area contributed by atoms with Crippen LogP contribution in [-0.4, -0.2) is 5.78 Å². The molecule has 2 aromatic rings. The average Bonchev–Trinajstić information content (AvgIpc) is 2.31. The summed E-state index contributed by atoms with van der Waals surface area (Å²) in [7, 11) is 0. The van der Waals surface area contributed by atoms with Crippen LogP contribution in [0.25, 0.3) is 0 Å².